The van der Waals surface area contributed by atoms with Gasteiger partial charge in [0.1, 0.15) is 11.5 Å². The van der Waals surface area contributed by atoms with Crippen LogP contribution in [0.15, 0.2) is 40.8 Å². The molecule has 1 N–H and O–H groups in total. The fourth-order valence-electron chi connectivity index (χ4n) is 2.88. The minimum absolute atomic E-state index is 0.0928. The van der Waals surface area contributed by atoms with E-state index < -0.39 is 5.92 Å². The number of carbonyl (C=O) groups is 2. The van der Waals surface area contributed by atoms with Gasteiger partial charge in [-0.25, -0.2) is 0 Å². The Morgan fingerprint density at radius 1 is 1.33 bits per heavy atom. The van der Waals surface area contributed by atoms with E-state index in [1.54, 1.807) is 17.0 Å². The molecule has 0 aliphatic carbocycles. The highest BCUT2D eigenvalue weighted by Crippen LogP contribution is 2.31. The molecular formula is C18H19ClN2O3. The number of hydrogen-bond acceptors (Lipinski definition) is 3. The molecule has 1 aliphatic heterocycles. The van der Waals surface area contributed by atoms with Gasteiger partial charge in [-0.1, -0.05) is 23.7 Å². The fourth-order valence-corrected chi connectivity index (χ4v) is 3.11. The van der Waals surface area contributed by atoms with Crippen LogP contribution in [-0.4, -0.2) is 18.4 Å². The summed E-state index contributed by atoms with van der Waals surface area (Å²) in [4.78, 5) is 26.3. The Hall–Kier alpha value is -2.27. The van der Waals surface area contributed by atoms with Crippen molar-refractivity contribution < 1.29 is 14.0 Å². The summed E-state index contributed by atoms with van der Waals surface area (Å²) in [7, 11) is 0. The van der Waals surface area contributed by atoms with Gasteiger partial charge < -0.3 is 14.6 Å². The Morgan fingerprint density at radius 2 is 2.08 bits per heavy atom. The second-order valence-electron chi connectivity index (χ2n) is 6.04. The van der Waals surface area contributed by atoms with Crippen molar-refractivity contribution in [2.24, 2.45) is 5.92 Å². The van der Waals surface area contributed by atoms with Crippen LogP contribution in [0, 0.1) is 12.8 Å². The van der Waals surface area contributed by atoms with Crippen molar-refractivity contribution in [2.75, 3.05) is 11.4 Å². The summed E-state index contributed by atoms with van der Waals surface area (Å²) in [6.45, 7) is 4.05. The molecule has 3 rings (SSSR count). The van der Waals surface area contributed by atoms with Crippen LogP contribution >= 0.6 is 11.6 Å². The average molecular weight is 347 g/mol. The number of aryl methyl sites for hydroxylation is 1. The molecule has 0 spiro atoms. The van der Waals surface area contributed by atoms with Gasteiger partial charge >= 0.3 is 0 Å². The number of rotatable bonds is 4. The zero-order valence-electron chi connectivity index (χ0n) is 13.6. The maximum absolute atomic E-state index is 12.5. The molecule has 1 aromatic carbocycles. The molecular weight excluding hydrogens is 328 g/mol. The Balaban J connectivity index is 1.67. The summed E-state index contributed by atoms with van der Waals surface area (Å²) in [6, 6.07) is 10.6. The van der Waals surface area contributed by atoms with Gasteiger partial charge in [0.05, 0.1) is 22.7 Å². The molecule has 1 fully saturated rings. The summed E-state index contributed by atoms with van der Waals surface area (Å²) in [5.74, 6) is 0.858. The third-order valence-electron chi connectivity index (χ3n) is 4.19. The van der Waals surface area contributed by atoms with Crippen LogP contribution in [0.2, 0.25) is 5.02 Å². The molecule has 24 heavy (non-hydrogen) atoms. The zero-order valence-corrected chi connectivity index (χ0v) is 14.3. The molecule has 2 aromatic rings. The van der Waals surface area contributed by atoms with E-state index in [9.17, 15) is 9.59 Å². The second-order valence-corrected chi connectivity index (χ2v) is 6.44. The maximum Gasteiger partial charge on any atom is 0.227 e. The lowest BCUT2D eigenvalue weighted by atomic mass is 10.1. The summed E-state index contributed by atoms with van der Waals surface area (Å²) in [6.07, 6.45) is 0.182. The third kappa shape index (κ3) is 3.31. The lowest BCUT2D eigenvalue weighted by molar-refractivity contribution is -0.127. The van der Waals surface area contributed by atoms with Gasteiger partial charge in [0, 0.05) is 13.0 Å². The van der Waals surface area contributed by atoms with Crippen LogP contribution in [0.4, 0.5) is 5.69 Å². The number of anilines is 1. The number of halogens is 1. The quantitative estimate of drug-likeness (QED) is 0.922. The lowest BCUT2D eigenvalue weighted by Gasteiger charge is -2.18. The summed E-state index contributed by atoms with van der Waals surface area (Å²) < 4.78 is 5.53. The fraction of sp³-hybridized carbons (Fsp3) is 0.333. The monoisotopic (exact) mass is 346 g/mol. The van der Waals surface area contributed by atoms with Crippen LogP contribution < -0.4 is 10.2 Å². The molecule has 0 saturated carbocycles. The van der Waals surface area contributed by atoms with E-state index in [-0.39, 0.29) is 24.3 Å². The average Bonchev–Trinajstić information content (AvgIpc) is 3.14. The first-order chi connectivity index (χ1) is 11.5. The predicted molar refractivity (Wildman–Crippen MR) is 91.9 cm³/mol. The Bertz CT molecular complexity index is 771. The van der Waals surface area contributed by atoms with Crippen molar-refractivity contribution in [1.82, 2.24) is 5.32 Å². The number of benzene rings is 1. The van der Waals surface area contributed by atoms with Crippen LogP contribution in [0.3, 0.4) is 0 Å². The third-order valence-corrected chi connectivity index (χ3v) is 4.51. The first-order valence-corrected chi connectivity index (χ1v) is 8.25. The summed E-state index contributed by atoms with van der Waals surface area (Å²) >= 11 is 6.16. The predicted octanol–water partition coefficient (Wildman–Crippen LogP) is 3.47. The number of para-hydroxylation sites is 1. The highest BCUT2D eigenvalue weighted by molar-refractivity contribution is 6.33. The van der Waals surface area contributed by atoms with Crippen LogP contribution in [-0.2, 0) is 9.59 Å². The Morgan fingerprint density at radius 3 is 2.75 bits per heavy atom. The van der Waals surface area contributed by atoms with Crippen molar-refractivity contribution in [3.05, 3.63) is 52.9 Å². The topological polar surface area (TPSA) is 62.6 Å². The van der Waals surface area contributed by atoms with Crippen LogP contribution in [0.25, 0.3) is 0 Å². The molecule has 1 saturated heterocycles. The Kier molecular flexibility index (Phi) is 4.62. The normalized spacial score (nSPS) is 18.7. The van der Waals surface area contributed by atoms with Crippen LogP contribution in [0.1, 0.15) is 30.9 Å². The van der Waals surface area contributed by atoms with E-state index in [0.29, 0.717) is 23.0 Å². The minimum atomic E-state index is -0.396. The number of furan rings is 1. The van der Waals surface area contributed by atoms with Gasteiger partial charge in [-0.3, -0.25) is 9.59 Å². The molecule has 2 heterocycles. The van der Waals surface area contributed by atoms with Crippen molar-refractivity contribution in [1.29, 1.82) is 0 Å². The number of nitrogens with zero attached hydrogens (tertiary/aromatic N) is 1. The maximum atomic E-state index is 12.5. The van der Waals surface area contributed by atoms with Crippen LogP contribution in [0.5, 0.6) is 0 Å². The van der Waals surface area contributed by atoms with E-state index >= 15 is 0 Å². The minimum Gasteiger partial charge on any atom is -0.464 e. The zero-order chi connectivity index (χ0) is 17.3. The SMILES string of the molecule is Cc1ccc(C(C)NC(=O)C2CC(=O)N(c3ccccc3Cl)C2)o1. The van der Waals surface area contributed by atoms with E-state index in [1.165, 1.54) is 0 Å². The first-order valence-electron chi connectivity index (χ1n) is 7.87. The molecule has 6 heteroatoms. The summed E-state index contributed by atoms with van der Waals surface area (Å²) in [5, 5.41) is 3.42. The molecule has 126 valence electrons. The van der Waals surface area contributed by atoms with Crippen molar-refractivity contribution in [3.8, 4) is 0 Å². The van der Waals surface area contributed by atoms with Gasteiger partial charge in [-0.05, 0) is 38.1 Å². The molecule has 2 atom stereocenters. The van der Waals surface area contributed by atoms with E-state index in [0.717, 1.165) is 5.76 Å². The molecule has 5 nitrogen and oxygen atoms in total. The highest BCUT2D eigenvalue weighted by Gasteiger charge is 2.36. The van der Waals surface area contributed by atoms with Gasteiger partial charge in [-0.15, -0.1) is 0 Å². The molecule has 2 unspecified atom stereocenters. The van der Waals surface area contributed by atoms with Crippen molar-refractivity contribution >= 4 is 29.1 Å². The first kappa shape index (κ1) is 16.6. The number of carbonyl (C=O) groups excluding carboxylic acids is 2. The van der Waals surface area contributed by atoms with Gasteiger partial charge in [0.25, 0.3) is 0 Å². The number of hydrogen-bond donors (Lipinski definition) is 1. The molecule has 0 bridgehead atoms. The number of amides is 2. The van der Waals surface area contributed by atoms with Crippen molar-refractivity contribution in [2.45, 2.75) is 26.3 Å². The van der Waals surface area contributed by atoms with E-state index in [4.69, 9.17) is 16.0 Å². The van der Waals surface area contributed by atoms with E-state index in [2.05, 4.69) is 5.32 Å². The largest absolute Gasteiger partial charge is 0.464 e. The van der Waals surface area contributed by atoms with Gasteiger partial charge in [-0.2, -0.15) is 0 Å². The van der Waals surface area contributed by atoms with Crippen molar-refractivity contribution in [3.63, 3.8) is 0 Å². The highest BCUT2D eigenvalue weighted by atomic mass is 35.5. The van der Waals surface area contributed by atoms with E-state index in [1.807, 2.05) is 38.1 Å². The second kappa shape index (κ2) is 6.69. The molecule has 1 aromatic heterocycles. The Labute approximate surface area is 145 Å². The molecule has 1 aliphatic rings. The molecule has 0 radical (unpaired) electrons. The van der Waals surface area contributed by atoms with Gasteiger partial charge in [0.15, 0.2) is 0 Å². The molecule has 2 amide bonds. The standard InChI is InChI=1S/C18H19ClN2O3/c1-11-7-8-16(24-11)12(2)20-18(23)13-9-17(22)21(10-13)15-6-4-3-5-14(15)19/h3-8,12-13H,9-10H2,1-2H3,(H,20,23). The summed E-state index contributed by atoms with van der Waals surface area (Å²) in [5.41, 5.74) is 0.647. The number of nitrogens with one attached hydrogen (secondary N) is 1. The smallest absolute Gasteiger partial charge is 0.227 e. The lowest BCUT2D eigenvalue weighted by Crippen LogP contribution is -2.34. The van der Waals surface area contributed by atoms with Gasteiger partial charge in [0.2, 0.25) is 11.8 Å².